The van der Waals surface area contributed by atoms with Gasteiger partial charge >= 0.3 is 6.16 Å². The van der Waals surface area contributed by atoms with Gasteiger partial charge in [0.2, 0.25) is 0 Å². The molecule has 1 aliphatic rings. The molecule has 1 atom stereocenters. The van der Waals surface area contributed by atoms with Crippen molar-refractivity contribution in [3.05, 3.63) is 34.4 Å². The molecule has 7 nitrogen and oxygen atoms in total. The number of halogens is 1. The van der Waals surface area contributed by atoms with E-state index in [9.17, 15) is 14.9 Å². The lowest BCUT2D eigenvalue weighted by Crippen LogP contribution is -2.26. The first-order valence-corrected chi connectivity index (χ1v) is 6.85. The molecule has 8 heteroatoms. The minimum atomic E-state index is -0.787. The number of carbonyl (C=O) groups excluding carboxylic acids is 1. The van der Waals surface area contributed by atoms with Crippen LogP contribution in [0, 0.1) is 10.1 Å². The molecule has 0 radical (unpaired) electrons. The number of benzene rings is 1. The van der Waals surface area contributed by atoms with E-state index >= 15 is 0 Å². The van der Waals surface area contributed by atoms with Gasteiger partial charge in [-0.05, 0) is 45.0 Å². The Balaban J connectivity index is 0.00000242. The second kappa shape index (κ2) is 8.55. The van der Waals surface area contributed by atoms with Crippen molar-refractivity contribution in [3.8, 4) is 5.75 Å². The van der Waals surface area contributed by atoms with E-state index in [4.69, 9.17) is 9.47 Å². The smallest absolute Gasteiger partial charge is 0.434 e. The summed E-state index contributed by atoms with van der Waals surface area (Å²) >= 11 is 0. The second-order valence-electron chi connectivity index (χ2n) is 5.02. The lowest BCUT2D eigenvalue weighted by molar-refractivity contribution is -0.384. The number of likely N-dealkylation sites (tertiary alicyclic amines) is 1. The van der Waals surface area contributed by atoms with Crippen LogP contribution in [0.2, 0.25) is 0 Å². The van der Waals surface area contributed by atoms with Gasteiger partial charge in [0.25, 0.3) is 5.69 Å². The number of non-ortho nitro benzene ring substituents is 1. The summed E-state index contributed by atoms with van der Waals surface area (Å²) in [6.45, 7) is 1.39. The summed E-state index contributed by atoms with van der Waals surface area (Å²) < 4.78 is 9.96. The average Bonchev–Trinajstić information content (AvgIpc) is 2.85. The fourth-order valence-corrected chi connectivity index (χ4v) is 2.38. The molecule has 22 heavy (non-hydrogen) atoms. The molecule has 0 spiro atoms. The zero-order valence-electron chi connectivity index (χ0n) is 12.3. The Morgan fingerprint density at radius 3 is 2.64 bits per heavy atom. The van der Waals surface area contributed by atoms with Crippen LogP contribution in [-0.4, -0.2) is 42.2 Å². The Hall–Kier alpha value is -1.86. The van der Waals surface area contributed by atoms with E-state index in [0.717, 1.165) is 19.4 Å². The number of carbonyl (C=O) groups is 1. The molecule has 0 saturated carbocycles. The van der Waals surface area contributed by atoms with Gasteiger partial charge in [-0.3, -0.25) is 10.1 Å². The third-order valence-corrected chi connectivity index (χ3v) is 3.59. The van der Waals surface area contributed by atoms with Crippen LogP contribution in [0.3, 0.4) is 0 Å². The summed E-state index contributed by atoms with van der Waals surface area (Å²) in [5, 5.41) is 10.5. The molecule has 2 rings (SSSR count). The van der Waals surface area contributed by atoms with Crippen LogP contribution < -0.4 is 4.74 Å². The van der Waals surface area contributed by atoms with E-state index < -0.39 is 11.1 Å². The molecule has 0 aromatic heterocycles. The zero-order chi connectivity index (χ0) is 15.2. The van der Waals surface area contributed by atoms with Crippen LogP contribution >= 0.6 is 12.4 Å². The normalized spacial score (nSPS) is 17.6. The highest BCUT2D eigenvalue weighted by atomic mass is 35.5. The van der Waals surface area contributed by atoms with Crippen LogP contribution in [0.4, 0.5) is 10.5 Å². The van der Waals surface area contributed by atoms with Crippen LogP contribution in [0.1, 0.15) is 19.3 Å². The number of nitro benzene ring substituents is 1. The highest BCUT2D eigenvalue weighted by molar-refractivity contribution is 5.85. The van der Waals surface area contributed by atoms with Crippen molar-refractivity contribution in [1.29, 1.82) is 0 Å². The van der Waals surface area contributed by atoms with E-state index in [1.165, 1.54) is 30.7 Å². The van der Waals surface area contributed by atoms with Crippen LogP contribution in [0.5, 0.6) is 5.75 Å². The molecule has 0 N–H and O–H groups in total. The zero-order valence-corrected chi connectivity index (χ0v) is 13.1. The van der Waals surface area contributed by atoms with Crippen molar-refractivity contribution in [2.45, 2.75) is 25.3 Å². The fraction of sp³-hybridized carbons (Fsp3) is 0.500. The van der Waals surface area contributed by atoms with Gasteiger partial charge in [-0.25, -0.2) is 4.79 Å². The van der Waals surface area contributed by atoms with Crippen LogP contribution in [-0.2, 0) is 4.74 Å². The maximum atomic E-state index is 11.5. The van der Waals surface area contributed by atoms with Gasteiger partial charge in [0.05, 0.1) is 11.5 Å². The first kappa shape index (κ1) is 18.2. The van der Waals surface area contributed by atoms with Crippen molar-refractivity contribution in [2.24, 2.45) is 0 Å². The lowest BCUT2D eigenvalue weighted by atomic mass is 10.2. The van der Waals surface area contributed by atoms with Gasteiger partial charge in [-0.1, -0.05) is 0 Å². The quantitative estimate of drug-likeness (QED) is 0.357. The third kappa shape index (κ3) is 5.16. The van der Waals surface area contributed by atoms with E-state index in [1.807, 2.05) is 0 Å². The molecular weight excluding hydrogens is 312 g/mol. The first-order valence-electron chi connectivity index (χ1n) is 6.85. The first-order chi connectivity index (χ1) is 10.1. The van der Waals surface area contributed by atoms with E-state index in [2.05, 4.69) is 11.9 Å². The molecule has 1 aromatic rings. The molecule has 1 saturated heterocycles. The molecular formula is C14H19ClN2O5. The fourth-order valence-electron chi connectivity index (χ4n) is 2.38. The van der Waals surface area contributed by atoms with Crippen molar-refractivity contribution >= 4 is 24.2 Å². The number of nitrogens with zero attached hydrogens (tertiary/aromatic N) is 2. The Labute approximate surface area is 134 Å². The van der Waals surface area contributed by atoms with Crippen LogP contribution in [0.25, 0.3) is 0 Å². The number of hydrogen-bond donors (Lipinski definition) is 0. The Morgan fingerprint density at radius 2 is 2.09 bits per heavy atom. The van der Waals surface area contributed by atoms with Gasteiger partial charge in [0, 0.05) is 18.2 Å². The van der Waals surface area contributed by atoms with E-state index in [-0.39, 0.29) is 23.8 Å². The minimum absolute atomic E-state index is 0. The Morgan fingerprint density at radius 1 is 1.41 bits per heavy atom. The highest BCUT2D eigenvalue weighted by Crippen LogP contribution is 2.19. The van der Waals surface area contributed by atoms with Crippen molar-refractivity contribution in [1.82, 2.24) is 4.90 Å². The summed E-state index contributed by atoms with van der Waals surface area (Å²) in [6.07, 6.45) is 2.29. The predicted octanol–water partition coefficient (Wildman–Crippen LogP) is 3.02. The highest BCUT2D eigenvalue weighted by Gasteiger charge is 2.21. The molecule has 1 aromatic carbocycles. The maximum Gasteiger partial charge on any atom is 0.513 e. The third-order valence-electron chi connectivity index (χ3n) is 3.59. The summed E-state index contributed by atoms with van der Waals surface area (Å²) in [5.41, 5.74) is -0.0556. The summed E-state index contributed by atoms with van der Waals surface area (Å²) in [6, 6.07) is 5.73. The minimum Gasteiger partial charge on any atom is -0.434 e. The van der Waals surface area contributed by atoms with Crippen molar-refractivity contribution < 1.29 is 19.2 Å². The molecule has 1 fully saturated rings. The van der Waals surface area contributed by atoms with Gasteiger partial charge in [0.1, 0.15) is 5.75 Å². The van der Waals surface area contributed by atoms with Crippen molar-refractivity contribution in [2.75, 3.05) is 20.2 Å². The second-order valence-corrected chi connectivity index (χ2v) is 5.02. The largest absolute Gasteiger partial charge is 0.513 e. The van der Waals surface area contributed by atoms with Gasteiger partial charge in [-0.15, -0.1) is 12.4 Å². The molecule has 1 aliphatic heterocycles. The number of hydrogen-bond acceptors (Lipinski definition) is 6. The van der Waals surface area contributed by atoms with E-state index in [1.54, 1.807) is 0 Å². The molecule has 1 unspecified atom stereocenters. The number of ether oxygens (including phenoxy) is 2. The SMILES string of the molecule is CN1CCCC1CCOC(=O)Oc1ccc([N+](=O)[O-])cc1.Cl. The van der Waals surface area contributed by atoms with Gasteiger partial charge in [-0.2, -0.15) is 0 Å². The summed E-state index contributed by atoms with van der Waals surface area (Å²) in [7, 11) is 2.06. The maximum absolute atomic E-state index is 11.5. The summed E-state index contributed by atoms with van der Waals surface area (Å²) in [4.78, 5) is 23.7. The van der Waals surface area contributed by atoms with Crippen LogP contribution in [0.15, 0.2) is 24.3 Å². The summed E-state index contributed by atoms with van der Waals surface area (Å²) in [5.74, 6) is 0.226. The molecule has 122 valence electrons. The number of rotatable bonds is 5. The molecule has 0 bridgehead atoms. The van der Waals surface area contributed by atoms with E-state index in [0.29, 0.717) is 12.6 Å². The standard InChI is InChI=1S/C14H18N2O5.ClH/c1-15-9-2-3-11(15)8-10-20-14(17)21-13-6-4-12(5-7-13)16(18)19;/h4-7,11H,2-3,8-10H2,1H3;1H. The molecule has 0 aliphatic carbocycles. The lowest BCUT2D eigenvalue weighted by Gasteiger charge is -2.18. The average molecular weight is 331 g/mol. The van der Waals surface area contributed by atoms with Gasteiger partial charge < -0.3 is 14.4 Å². The number of nitro groups is 1. The predicted molar refractivity (Wildman–Crippen MR) is 82.6 cm³/mol. The molecule has 1 heterocycles. The van der Waals surface area contributed by atoms with Gasteiger partial charge in [0.15, 0.2) is 0 Å². The Kier molecular flexibility index (Phi) is 7.07. The molecule has 0 amide bonds. The van der Waals surface area contributed by atoms with Crippen molar-refractivity contribution in [3.63, 3.8) is 0 Å². The monoisotopic (exact) mass is 330 g/mol. The topological polar surface area (TPSA) is 81.9 Å². The Bertz CT molecular complexity index is 508.